The summed E-state index contributed by atoms with van der Waals surface area (Å²) in [6.07, 6.45) is 6.32. The molecule has 0 radical (unpaired) electrons. The van der Waals surface area contributed by atoms with E-state index in [9.17, 15) is 18.0 Å². The van der Waals surface area contributed by atoms with Gasteiger partial charge in [0.25, 0.3) is 5.91 Å². The number of carboxylic acid groups (broad SMARTS) is 1. The van der Waals surface area contributed by atoms with E-state index in [0.717, 1.165) is 25.4 Å². The van der Waals surface area contributed by atoms with Crippen LogP contribution in [0.5, 0.6) is 0 Å². The highest BCUT2D eigenvalue weighted by Crippen LogP contribution is 2.30. The molecule has 1 fully saturated rings. The zero-order valence-corrected chi connectivity index (χ0v) is 19.0. The molecule has 1 unspecified atom stereocenters. The molecule has 3 rings (SSSR count). The summed E-state index contributed by atoms with van der Waals surface area (Å²) >= 11 is 0. The van der Waals surface area contributed by atoms with Crippen molar-refractivity contribution in [3.63, 3.8) is 0 Å². The number of anilines is 1. The fraction of sp³-hybridized carbons (Fsp3) is 0.500. The van der Waals surface area contributed by atoms with Crippen molar-refractivity contribution in [2.75, 3.05) is 24.2 Å². The number of aliphatic imine (C=N–C) groups is 1. The van der Waals surface area contributed by atoms with E-state index in [1.807, 2.05) is 6.08 Å². The van der Waals surface area contributed by atoms with Gasteiger partial charge in [0.15, 0.2) is 9.84 Å². The second kappa shape index (κ2) is 10.7. The van der Waals surface area contributed by atoms with E-state index in [1.165, 1.54) is 12.8 Å². The highest BCUT2D eigenvalue weighted by Gasteiger charge is 2.28. The fourth-order valence-corrected chi connectivity index (χ4v) is 4.80. The van der Waals surface area contributed by atoms with Gasteiger partial charge in [-0.25, -0.2) is 8.42 Å². The Morgan fingerprint density at radius 1 is 1.25 bits per heavy atom. The summed E-state index contributed by atoms with van der Waals surface area (Å²) in [4.78, 5) is 30.1. The molecule has 3 N–H and O–H groups in total. The normalized spacial score (nSPS) is 18.2. The van der Waals surface area contributed by atoms with Crippen LogP contribution in [-0.4, -0.2) is 61.6 Å². The van der Waals surface area contributed by atoms with Gasteiger partial charge in [0.05, 0.1) is 24.3 Å². The molecule has 1 saturated carbocycles. The van der Waals surface area contributed by atoms with E-state index in [0.29, 0.717) is 16.9 Å². The van der Waals surface area contributed by atoms with Crippen molar-refractivity contribution in [3.8, 4) is 0 Å². The molecular formula is C22H30N4O5S. The smallest absolute Gasteiger partial charge is 0.304 e. The monoisotopic (exact) mass is 462 g/mol. The van der Waals surface area contributed by atoms with Crippen LogP contribution in [0.2, 0.25) is 0 Å². The molecule has 0 saturated heterocycles. The van der Waals surface area contributed by atoms with Gasteiger partial charge in [-0.1, -0.05) is 19.1 Å². The predicted molar refractivity (Wildman–Crippen MR) is 123 cm³/mol. The summed E-state index contributed by atoms with van der Waals surface area (Å²) < 4.78 is 24.0. The van der Waals surface area contributed by atoms with Crippen molar-refractivity contribution in [2.45, 2.75) is 44.5 Å². The molecule has 32 heavy (non-hydrogen) atoms. The largest absolute Gasteiger partial charge is 0.481 e. The number of rotatable bonds is 12. The zero-order chi connectivity index (χ0) is 23.1. The fourth-order valence-electron chi connectivity index (χ4n) is 3.47. The maximum absolute atomic E-state index is 12.7. The third-order valence-corrected chi connectivity index (χ3v) is 6.91. The lowest BCUT2D eigenvalue weighted by atomic mass is 10.2. The minimum atomic E-state index is -3.51. The van der Waals surface area contributed by atoms with Crippen molar-refractivity contribution < 1.29 is 23.1 Å². The molecule has 1 amide bonds. The van der Waals surface area contributed by atoms with Gasteiger partial charge in [-0.05, 0) is 49.0 Å². The van der Waals surface area contributed by atoms with E-state index in [2.05, 4.69) is 27.4 Å². The number of hydrogen-bond donors (Lipinski definition) is 3. The summed E-state index contributed by atoms with van der Waals surface area (Å²) in [6, 6.07) is 6.48. The lowest BCUT2D eigenvalue weighted by Gasteiger charge is -2.29. The molecule has 10 heteroatoms. The number of carboxylic acids is 1. The van der Waals surface area contributed by atoms with Crippen LogP contribution < -0.4 is 10.6 Å². The van der Waals surface area contributed by atoms with Gasteiger partial charge < -0.3 is 15.7 Å². The van der Waals surface area contributed by atoms with E-state index >= 15 is 0 Å². The van der Waals surface area contributed by atoms with E-state index in [1.54, 1.807) is 30.6 Å². The van der Waals surface area contributed by atoms with Crippen LogP contribution in [0.3, 0.4) is 0 Å². The number of amides is 1. The van der Waals surface area contributed by atoms with Crippen LogP contribution in [0.15, 0.2) is 41.0 Å². The Kier molecular flexibility index (Phi) is 8.03. The third-order valence-electron chi connectivity index (χ3n) is 5.31. The van der Waals surface area contributed by atoms with Crippen LogP contribution in [0, 0.1) is 5.92 Å². The van der Waals surface area contributed by atoms with Crippen molar-refractivity contribution >= 4 is 33.7 Å². The SMILES string of the molecule is CCCN(CC1CC1)C1C=C(C(=O)Nc2ccc(CS(=O)(=O)CCC(=O)O)cc2)NC=N1. The molecule has 1 heterocycles. The number of nitrogens with zero attached hydrogens (tertiary/aromatic N) is 2. The first kappa shape index (κ1) is 23.9. The van der Waals surface area contributed by atoms with E-state index in [-0.39, 0.29) is 17.8 Å². The Hall–Kier alpha value is -2.72. The minimum absolute atomic E-state index is 0.170. The maximum Gasteiger partial charge on any atom is 0.304 e. The molecule has 1 aliphatic heterocycles. The summed E-state index contributed by atoms with van der Waals surface area (Å²) in [5, 5.41) is 14.4. The molecule has 1 atom stereocenters. The van der Waals surface area contributed by atoms with Crippen LogP contribution in [0.25, 0.3) is 0 Å². The molecule has 9 nitrogen and oxygen atoms in total. The number of carbonyl (C=O) groups is 2. The molecule has 2 aliphatic rings. The average Bonchev–Trinajstić information content (AvgIpc) is 3.57. The van der Waals surface area contributed by atoms with Gasteiger partial charge in [-0.3, -0.25) is 19.5 Å². The van der Waals surface area contributed by atoms with Gasteiger partial charge >= 0.3 is 5.97 Å². The molecule has 0 aromatic heterocycles. The highest BCUT2D eigenvalue weighted by atomic mass is 32.2. The molecular weight excluding hydrogens is 432 g/mol. The van der Waals surface area contributed by atoms with Gasteiger partial charge in [0, 0.05) is 18.8 Å². The Bertz CT molecular complexity index is 984. The zero-order valence-electron chi connectivity index (χ0n) is 18.2. The van der Waals surface area contributed by atoms with Gasteiger partial charge in [0.1, 0.15) is 11.9 Å². The summed E-state index contributed by atoms with van der Waals surface area (Å²) in [6.45, 7) is 4.03. The second-order valence-corrected chi connectivity index (χ2v) is 10.4. The van der Waals surface area contributed by atoms with Crippen LogP contribution in [0.4, 0.5) is 5.69 Å². The topological polar surface area (TPSA) is 128 Å². The lowest BCUT2D eigenvalue weighted by Crippen LogP contribution is -2.40. The van der Waals surface area contributed by atoms with Gasteiger partial charge in [0.2, 0.25) is 0 Å². The molecule has 0 bridgehead atoms. The highest BCUT2D eigenvalue weighted by molar-refractivity contribution is 7.90. The molecule has 1 aliphatic carbocycles. The summed E-state index contributed by atoms with van der Waals surface area (Å²) in [5.74, 6) is -1.36. The number of aliphatic carboxylic acids is 1. The Labute approximate surface area is 188 Å². The summed E-state index contributed by atoms with van der Waals surface area (Å²) in [5.41, 5.74) is 1.49. The first-order chi connectivity index (χ1) is 15.3. The molecule has 1 aromatic carbocycles. The second-order valence-electron chi connectivity index (χ2n) is 8.24. The van der Waals surface area contributed by atoms with Crippen molar-refractivity contribution in [1.82, 2.24) is 10.2 Å². The maximum atomic E-state index is 12.7. The third kappa shape index (κ3) is 7.45. The molecule has 174 valence electrons. The number of carbonyl (C=O) groups excluding carboxylic acids is 1. The van der Waals surface area contributed by atoms with E-state index in [4.69, 9.17) is 5.11 Å². The number of hydrogen-bond acceptors (Lipinski definition) is 7. The van der Waals surface area contributed by atoms with Gasteiger partial charge in [-0.2, -0.15) is 0 Å². The van der Waals surface area contributed by atoms with Crippen LogP contribution >= 0.6 is 0 Å². The van der Waals surface area contributed by atoms with Crippen molar-refractivity contribution in [3.05, 3.63) is 41.6 Å². The number of sulfone groups is 1. The quantitative estimate of drug-likeness (QED) is 0.433. The number of benzene rings is 1. The lowest BCUT2D eigenvalue weighted by molar-refractivity contribution is -0.136. The predicted octanol–water partition coefficient (Wildman–Crippen LogP) is 1.98. The minimum Gasteiger partial charge on any atom is -0.481 e. The van der Waals surface area contributed by atoms with Crippen molar-refractivity contribution in [2.24, 2.45) is 10.9 Å². The van der Waals surface area contributed by atoms with E-state index < -0.39 is 28.0 Å². The Balaban J connectivity index is 1.58. The molecule has 1 aromatic rings. The Morgan fingerprint density at radius 3 is 2.59 bits per heavy atom. The van der Waals surface area contributed by atoms with Gasteiger partial charge in [-0.15, -0.1) is 0 Å². The summed E-state index contributed by atoms with van der Waals surface area (Å²) in [7, 11) is -3.51. The standard InChI is InChI=1S/C22H30N4O5S/c1-2-10-26(13-16-3-4-16)20-12-19(23-15-24-20)22(29)25-18-7-5-17(6-8-18)14-32(30,31)11-9-21(27)28/h5-8,12,15-16,20H,2-4,9-11,13-14H2,1H3,(H,23,24)(H,25,29)(H,27,28). The van der Waals surface area contributed by atoms with Crippen LogP contribution in [-0.2, 0) is 25.2 Å². The average molecular weight is 463 g/mol. The first-order valence-electron chi connectivity index (χ1n) is 10.8. The van der Waals surface area contributed by atoms with Crippen LogP contribution in [0.1, 0.15) is 38.2 Å². The molecule has 0 spiro atoms. The first-order valence-corrected chi connectivity index (χ1v) is 12.6. The van der Waals surface area contributed by atoms with Crippen molar-refractivity contribution in [1.29, 1.82) is 0 Å². The number of nitrogens with one attached hydrogen (secondary N) is 2. The Morgan fingerprint density at radius 2 is 1.97 bits per heavy atom.